The van der Waals surface area contributed by atoms with Gasteiger partial charge < -0.3 is 4.74 Å². The van der Waals surface area contributed by atoms with Gasteiger partial charge in [0.25, 0.3) is 0 Å². The van der Waals surface area contributed by atoms with Crippen LogP contribution in [-0.4, -0.2) is 46.2 Å². The minimum atomic E-state index is 0.387. The smallest absolute Gasteiger partial charge is 0.113 e. The third-order valence-electron chi connectivity index (χ3n) is 4.71. The van der Waals surface area contributed by atoms with Crippen molar-refractivity contribution in [1.29, 1.82) is 0 Å². The van der Waals surface area contributed by atoms with Crippen molar-refractivity contribution in [3.63, 3.8) is 0 Å². The molecule has 1 aliphatic heterocycles. The zero-order valence-electron chi connectivity index (χ0n) is 13.7. The van der Waals surface area contributed by atoms with E-state index >= 15 is 0 Å². The van der Waals surface area contributed by atoms with Crippen LogP contribution in [0.25, 0.3) is 11.0 Å². The van der Waals surface area contributed by atoms with Crippen LogP contribution in [0.4, 0.5) is 0 Å². The zero-order chi connectivity index (χ0) is 16.2. The molecular weight excluding hydrogens is 300 g/mol. The minimum absolute atomic E-state index is 0.387. The van der Waals surface area contributed by atoms with Crippen molar-refractivity contribution in [2.75, 3.05) is 26.3 Å². The summed E-state index contributed by atoms with van der Waals surface area (Å²) >= 11 is 0. The van der Waals surface area contributed by atoms with Crippen molar-refractivity contribution in [3.8, 4) is 0 Å². The highest BCUT2D eigenvalue weighted by atomic mass is 16.5. The van der Waals surface area contributed by atoms with E-state index in [2.05, 4.69) is 51.6 Å². The number of aryl methyl sites for hydroxylation is 1. The predicted octanol–water partition coefficient (Wildman–Crippen LogP) is 2.89. The summed E-state index contributed by atoms with van der Waals surface area (Å²) in [5.41, 5.74) is 3.43. The molecule has 1 fully saturated rings. The first-order valence-corrected chi connectivity index (χ1v) is 8.57. The average Bonchev–Trinajstić information content (AvgIpc) is 3.07. The van der Waals surface area contributed by atoms with E-state index in [9.17, 15) is 0 Å². The zero-order valence-corrected chi connectivity index (χ0v) is 13.7. The number of aromatic nitrogens is 3. The van der Waals surface area contributed by atoms with Gasteiger partial charge in [0.05, 0.1) is 18.7 Å². The lowest BCUT2D eigenvalue weighted by atomic mass is 10.0. The second-order valence-corrected chi connectivity index (χ2v) is 6.16. The van der Waals surface area contributed by atoms with Crippen LogP contribution >= 0.6 is 0 Å². The van der Waals surface area contributed by atoms with E-state index in [1.54, 1.807) is 0 Å². The minimum Gasteiger partial charge on any atom is -0.379 e. The SMILES string of the molecule is c1ccc(C(CCn2nnc3ccccc32)N2CCOCC2)cc1. The summed E-state index contributed by atoms with van der Waals surface area (Å²) in [6, 6.07) is 19.3. The molecule has 24 heavy (non-hydrogen) atoms. The highest BCUT2D eigenvalue weighted by Crippen LogP contribution is 2.26. The molecule has 4 rings (SSSR count). The van der Waals surface area contributed by atoms with Crippen molar-refractivity contribution in [2.24, 2.45) is 0 Å². The first kappa shape index (κ1) is 15.3. The molecule has 1 atom stereocenters. The second kappa shape index (κ2) is 7.11. The van der Waals surface area contributed by atoms with Crippen LogP contribution in [0.15, 0.2) is 54.6 Å². The Morgan fingerprint density at radius 3 is 2.54 bits per heavy atom. The summed E-state index contributed by atoms with van der Waals surface area (Å²) in [6.07, 6.45) is 1.01. The lowest BCUT2D eigenvalue weighted by Gasteiger charge is -2.34. The summed E-state index contributed by atoms with van der Waals surface area (Å²) < 4.78 is 7.54. The summed E-state index contributed by atoms with van der Waals surface area (Å²) in [5, 5.41) is 8.59. The van der Waals surface area contributed by atoms with Gasteiger partial charge in [-0.15, -0.1) is 5.10 Å². The molecule has 1 aliphatic rings. The molecule has 0 N–H and O–H groups in total. The van der Waals surface area contributed by atoms with E-state index in [0.717, 1.165) is 50.3 Å². The van der Waals surface area contributed by atoms with Gasteiger partial charge in [0.1, 0.15) is 5.52 Å². The van der Waals surface area contributed by atoms with Crippen LogP contribution in [0.5, 0.6) is 0 Å². The number of nitrogens with zero attached hydrogens (tertiary/aromatic N) is 4. The molecule has 5 heteroatoms. The van der Waals surface area contributed by atoms with E-state index in [4.69, 9.17) is 4.74 Å². The lowest BCUT2D eigenvalue weighted by Crippen LogP contribution is -2.39. The third kappa shape index (κ3) is 3.18. The Morgan fingerprint density at radius 2 is 1.71 bits per heavy atom. The lowest BCUT2D eigenvalue weighted by molar-refractivity contribution is 0.0132. The van der Waals surface area contributed by atoms with Crippen molar-refractivity contribution in [3.05, 3.63) is 60.2 Å². The van der Waals surface area contributed by atoms with E-state index < -0.39 is 0 Å². The number of para-hydroxylation sites is 1. The molecule has 0 saturated carbocycles. The van der Waals surface area contributed by atoms with E-state index in [1.165, 1.54) is 5.56 Å². The van der Waals surface area contributed by atoms with Crippen molar-refractivity contribution < 1.29 is 4.74 Å². The third-order valence-corrected chi connectivity index (χ3v) is 4.71. The Morgan fingerprint density at radius 1 is 0.958 bits per heavy atom. The van der Waals surface area contributed by atoms with Gasteiger partial charge in [-0.25, -0.2) is 4.68 Å². The monoisotopic (exact) mass is 322 g/mol. The number of hydrogen-bond donors (Lipinski definition) is 0. The maximum absolute atomic E-state index is 5.52. The standard InChI is InChI=1S/C19H22N4O/c1-2-6-16(7-3-1)18(22-12-14-24-15-13-22)10-11-23-19-9-5-4-8-17(19)20-21-23/h1-9,18H,10-15H2. The van der Waals surface area contributed by atoms with Gasteiger partial charge in [0.15, 0.2) is 0 Å². The van der Waals surface area contributed by atoms with Gasteiger partial charge >= 0.3 is 0 Å². The van der Waals surface area contributed by atoms with Crippen LogP contribution in [0.2, 0.25) is 0 Å². The number of fused-ring (bicyclic) bond motifs is 1. The molecule has 124 valence electrons. The Kier molecular flexibility index (Phi) is 4.53. The average molecular weight is 322 g/mol. The molecule has 0 bridgehead atoms. The maximum atomic E-state index is 5.52. The summed E-state index contributed by atoms with van der Waals surface area (Å²) in [4.78, 5) is 2.53. The largest absolute Gasteiger partial charge is 0.379 e. The first-order valence-electron chi connectivity index (χ1n) is 8.57. The van der Waals surface area contributed by atoms with Crippen molar-refractivity contribution in [1.82, 2.24) is 19.9 Å². The van der Waals surface area contributed by atoms with Gasteiger partial charge in [-0.2, -0.15) is 0 Å². The fourth-order valence-electron chi connectivity index (χ4n) is 3.45. The fourth-order valence-corrected chi connectivity index (χ4v) is 3.45. The molecule has 0 radical (unpaired) electrons. The summed E-state index contributed by atoms with van der Waals surface area (Å²) in [5.74, 6) is 0. The molecule has 5 nitrogen and oxygen atoms in total. The molecule has 0 amide bonds. The molecule has 2 aromatic carbocycles. The number of hydrogen-bond acceptors (Lipinski definition) is 4. The first-order chi connectivity index (χ1) is 11.9. The van der Waals surface area contributed by atoms with Crippen LogP contribution in [-0.2, 0) is 11.3 Å². The Bertz CT molecular complexity index is 780. The predicted molar refractivity (Wildman–Crippen MR) is 93.7 cm³/mol. The van der Waals surface area contributed by atoms with Gasteiger partial charge in [0, 0.05) is 25.7 Å². The van der Waals surface area contributed by atoms with Gasteiger partial charge in [-0.05, 0) is 24.1 Å². The molecule has 1 aromatic heterocycles. The Labute approximate surface area is 141 Å². The molecule has 0 spiro atoms. The number of benzene rings is 2. The van der Waals surface area contributed by atoms with Crippen molar-refractivity contribution in [2.45, 2.75) is 19.0 Å². The molecule has 1 saturated heterocycles. The van der Waals surface area contributed by atoms with Gasteiger partial charge in [0.2, 0.25) is 0 Å². The highest BCUT2D eigenvalue weighted by molar-refractivity contribution is 5.73. The summed E-state index contributed by atoms with van der Waals surface area (Å²) in [7, 11) is 0. The maximum Gasteiger partial charge on any atom is 0.113 e. The van der Waals surface area contributed by atoms with E-state index in [1.807, 2.05) is 22.9 Å². The number of ether oxygens (including phenoxy) is 1. The molecular formula is C19H22N4O. The molecule has 1 unspecified atom stereocenters. The highest BCUT2D eigenvalue weighted by Gasteiger charge is 2.22. The van der Waals surface area contributed by atoms with E-state index in [0.29, 0.717) is 6.04 Å². The van der Waals surface area contributed by atoms with Crippen LogP contribution in [0, 0.1) is 0 Å². The fraction of sp³-hybridized carbons (Fsp3) is 0.368. The van der Waals surface area contributed by atoms with Crippen LogP contribution in [0.3, 0.4) is 0 Å². The van der Waals surface area contributed by atoms with Crippen LogP contribution in [0.1, 0.15) is 18.0 Å². The topological polar surface area (TPSA) is 43.2 Å². The van der Waals surface area contributed by atoms with Crippen molar-refractivity contribution >= 4 is 11.0 Å². The number of rotatable bonds is 5. The second-order valence-electron chi connectivity index (χ2n) is 6.16. The molecule has 0 aliphatic carbocycles. The normalized spacial score (nSPS) is 17.2. The molecule has 3 aromatic rings. The quantitative estimate of drug-likeness (QED) is 0.724. The summed E-state index contributed by atoms with van der Waals surface area (Å²) in [6.45, 7) is 4.46. The van der Waals surface area contributed by atoms with E-state index in [-0.39, 0.29) is 0 Å². The van der Waals surface area contributed by atoms with Crippen LogP contribution < -0.4 is 0 Å². The number of morpholine rings is 1. The van der Waals surface area contributed by atoms with Gasteiger partial charge in [-0.1, -0.05) is 47.7 Å². The Balaban J connectivity index is 1.55. The van der Waals surface area contributed by atoms with Gasteiger partial charge in [-0.3, -0.25) is 4.90 Å². The Hall–Kier alpha value is -2.24. The molecule has 2 heterocycles.